The highest BCUT2D eigenvalue weighted by Gasteiger charge is 1.99. The van der Waals surface area contributed by atoms with Gasteiger partial charge >= 0.3 is 0 Å². The lowest BCUT2D eigenvalue weighted by Gasteiger charge is -1.91. The minimum absolute atomic E-state index is 0.0943. The molecular formula is C7H12O2. The van der Waals surface area contributed by atoms with Gasteiger partial charge in [-0.2, -0.15) is 0 Å². The molecule has 0 heterocycles. The summed E-state index contributed by atoms with van der Waals surface area (Å²) in [5.74, 6) is 0.266. The molecular weight excluding hydrogens is 116 g/mol. The van der Waals surface area contributed by atoms with Gasteiger partial charge in [0.05, 0.1) is 0 Å². The van der Waals surface area contributed by atoms with Crippen LogP contribution in [0.5, 0.6) is 0 Å². The van der Waals surface area contributed by atoms with Gasteiger partial charge in [-0.3, -0.25) is 4.79 Å². The van der Waals surface area contributed by atoms with Crippen molar-refractivity contribution in [2.24, 2.45) is 0 Å². The topological polar surface area (TPSA) is 34.1 Å². The Morgan fingerprint density at radius 3 is 2.11 bits per heavy atom. The zero-order valence-electron chi connectivity index (χ0n) is 5.94. The average Bonchev–Trinajstić information content (AvgIpc) is 1.83. The van der Waals surface area contributed by atoms with Crippen molar-refractivity contribution in [3.63, 3.8) is 0 Å². The Bertz CT molecular complexity index is 116. The van der Waals surface area contributed by atoms with Gasteiger partial charge in [-0.15, -0.1) is 0 Å². The Kier molecular flexibility index (Phi) is 3.93. The third-order valence-corrected chi connectivity index (χ3v) is 1.15. The van der Waals surface area contributed by atoms with E-state index in [1.807, 2.05) is 6.92 Å². The molecule has 0 bridgehead atoms. The van der Waals surface area contributed by atoms with Crippen molar-refractivity contribution in [2.45, 2.75) is 33.1 Å². The predicted molar refractivity (Wildman–Crippen MR) is 35.2 cm³/mol. The fourth-order valence-electron chi connectivity index (χ4n) is 0.492. The number of hydrogen-bond acceptors (Lipinski definition) is 2. The highest BCUT2D eigenvalue weighted by molar-refractivity contribution is 5.84. The number of carbonyl (C=O) groups is 2. The molecule has 0 aliphatic carbocycles. The summed E-state index contributed by atoms with van der Waals surface area (Å²) >= 11 is 0. The van der Waals surface area contributed by atoms with E-state index in [0.29, 0.717) is 19.3 Å². The van der Waals surface area contributed by atoms with Crippen molar-refractivity contribution in [1.82, 2.24) is 0 Å². The maximum atomic E-state index is 10.6. The zero-order chi connectivity index (χ0) is 7.28. The Morgan fingerprint density at radius 2 is 1.78 bits per heavy atom. The minimum Gasteiger partial charge on any atom is -0.300 e. The van der Waals surface area contributed by atoms with Crippen LogP contribution >= 0.6 is 0 Å². The van der Waals surface area contributed by atoms with Crippen LogP contribution in [0.4, 0.5) is 0 Å². The van der Waals surface area contributed by atoms with Gasteiger partial charge in [-0.25, -0.2) is 0 Å². The summed E-state index contributed by atoms with van der Waals surface area (Å²) in [6.07, 6.45) is 1.38. The van der Waals surface area contributed by atoms with E-state index in [9.17, 15) is 9.59 Å². The molecule has 0 spiro atoms. The van der Waals surface area contributed by atoms with Crippen LogP contribution < -0.4 is 0 Å². The molecule has 0 fully saturated rings. The molecule has 0 aliphatic heterocycles. The Hall–Kier alpha value is -0.660. The standard InChI is InChI=1S/C7H12O2/c1-3-7(9)5-4-6(2)8/h3-5H2,1-2H3. The molecule has 0 aliphatic rings. The molecule has 0 saturated carbocycles. The molecule has 2 nitrogen and oxygen atoms in total. The monoisotopic (exact) mass is 128 g/mol. The normalized spacial score (nSPS) is 9.11. The summed E-state index contributed by atoms with van der Waals surface area (Å²) in [6.45, 7) is 3.31. The van der Waals surface area contributed by atoms with Crippen molar-refractivity contribution >= 4 is 11.6 Å². The Labute approximate surface area is 55.3 Å². The van der Waals surface area contributed by atoms with Crippen LogP contribution in [0.1, 0.15) is 33.1 Å². The second kappa shape index (κ2) is 4.24. The number of Topliss-reactive ketones (excluding diaryl/α,β-unsaturated/α-hetero) is 2. The SMILES string of the molecule is CCC(=O)CCC(C)=O. The lowest BCUT2D eigenvalue weighted by atomic mass is 10.1. The summed E-state index contributed by atoms with van der Waals surface area (Å²) in [4.78, 5) is 20.9. The number of ketones is 2. The van der Waals surface area contributed by atoms with Gasteiger partial charge in [0.25, 0.3) is 0 Å². The third kappa shape index (κ3) is 5.21. The molecule has 0 atom stereocenters. The lowest BCUT2D eigenvalue weighted by molar-refractivity contribution is -0.123. The summed E-state index contributed by atoms with van der Waals surface area (Å²) in [6, 6.07) is 0. The van der Waals surface area contributed by atoms with E-state index in [2.05, 4.69) is 0 Å². The molecule has 0 amide bonds. The van der Waals surface area contributed by atoms with Crippen molar-refractivity contribution in [2.75, 3.05) is 0 Å². The largest absolute Gasteiger partial charge is 0.300 e. The van der Waals surface area contributed by atoms with Crippen molar-refractivity contribution < 1.29 is 9.59 Å². The van der Waals surface area contributed by atoms with E-state index in [0.717, 1.165) is 0 Å². The summed E-state index contributed by atoms with van der Waals surface area (Å²) in [5, 5.41) is 0. The summed E-state index contributed by atoms with van der Waals surface area (Å²) < 4.78 is 0. The zero-order valence-corrected chi connectivity index (χ0v) is 5.94. The molecule has 0 N–H and O–H groups in total. The maximum Gasteiger partial charge on any atom is 0.133 e. The summed E-state index contributed by atoms with van der Waals surface area (Å²) in [5.41, 5.74) is 0. The van der Waals surface area contributed by atoms with Crippen LogP contribution in [0.25, 0.3) is 0 Å². The molecule has 9 heavy (non-hydrogen) atoms. The van der Waals surface area contributed by atoms with E-state index >= 15 is 0 Å². The molecule has 2 heteroatoms. The van der Waals surface area contributed by atoms with Crippen LogP contribution in [0, 0.1) is 0 Å². The maximum absolute atomic E-state index is 10.6. The predicted octanol–water partition coefficient (Wildman–Crippen LogP) is 1.33. The number of carbonyl (C=O) groups excluding carboxylic acids is 2. The fourth-order valence-corrected chi connectivity index (χ4v) is 0.492. The first-order valence-electron chi connectivity index (χ1n) is 3.18. The number of hydrogen-bond donors (Lipinski definition) is 0. The molecule has 52 valence electrons. The number of rotatable bonds is 4. The third-order valence-electron chi connectivity index (χ3n) is 1.15. The van der Waals surface area contributed by atoms with Crippen LogP contribution in [-0.2, 0) is 9.59 Å². The van der Waals surface area contributed by atoms with Gasteiger partial charge in [-0.1, -0.05) is 6.92 Å². The Balaban J connectivity index is 3.28. The van der Waals surface area contributed by atoms with Crippen LogP contribution in [0.2, 0.25) is 0 Å². The highest BCUT2D eigenvalue weighted by atomic mass is 16.1. The highest BCUT2D eigenvalue weighted by Crippen LogP contribution is 1.94. The Morgan fingerprint density at radius 1 is 1.22 bits per heavy atom. The smallest absolute Gasteiger partial charge is 0.133 e. The van der Waals surface area contributed by atoms with Gasteiger partial charge in [0.15, 0.2) is 0 Å². The lowest BCUT2D eigenvalue weighted by Crippen LogP contribution is -1.98. The fraction of sp³-hybridized carbons (Fsp3) is 0.714. The summed E-state index contributed by atoms with van der Waals surface area (Å²) in [7, 11) is 0. The van der Waals surface area contributed by atoms with Gasteiger partial charge < -0.3 is 4.79 Å². The van der Waals surface area contributed by atoms with E-state index in [1.165, 1.54) is 6.92 Å². The average molecular weight is 128 g/mol. The molecule has 0 aromatic carbocycles. The van der Waals surface area contributed by atoms with Gasteiger partial charge in [0.1, 0.15) is 11.6 Å². The molecule has 0 rings (SSSR count). The van der Waals surface area contributed by atoms with Gasteiger partial charge in [-0.05, 0) is 6.92 Å². The first-order chi connectivity index (χ1) is 4.16. The van der Waals surface area contributed by atoms with Crippen LogP contribution in [-0.4, -0.2) is 11.6 Å². The van der Waals surface area contributed by atoms with Crippen molar-refractivity contribution in [3.8, 4) is 0 Å². The molecule has 0 aromatic heterocycles. The van der Waals surface area contributed by atoms with Crippen molar-refractivity contribution in [3.05, 3.63) is 0 Å². The van der Waals surface area contributed by atoms with Crippen LogP contribution in [0.15, 0.2) is 0 Å². The van der Waals surface area contributed by atoms with E-state index in [-0.39, 0.29) is 11.6 Å². The first kappa shape index (κ1) is 8.34. The molecule has 0 saturated heterocycles. The van der Waals surface area contributed by atoms with Gasteiger partial charge in [0.2, 0.25) is 0 Å². The van der Waals surface area contributed by atoms with E-state index < -0.39 is 0 Å². The van der Waals surface area contributed by atoms with E-state index in [4.69, 9.17) is 0 Å². The van der Waals surface area contributed by atoms with Crippen molar-refractivity contribution in [1.29, 1.82) is 0 Å². The first-order valence-corrected chi connectivity index (χ1v) is 3.18. The second-order valence-electron chi connectivity index (χ2n) is 2.09. The minimum atomic E-state index is 0.0943. The molecule has 0 unspecified atom stereocenters. The van der Waals surface area contributed by atoms with Crippen LogP contribution in [0.3, 0.4) is 0 Å². The second-order valence-corrected chi connectivity index (χ2v) is 2.09. The molecule has 0 aromatic rings. The van der Waals surface area contributed by atoms with E-state index in [1.54, 1.807) is 0 Å². The van der Waals surface area contributed by atoms with Gasteiger partial charge in [0, 0.05) is 19.3 Å². The quantitative estimate of drug-likeness (QED) is 0.572. The molecule has 0 radical (unpaired) electrons.